The number of aromatic nitrogens is 3. The minimum absolute atomic E-state index is 0.186. The van der Waals surface area contributed by atoms with Gasteiger partial charge in [0.2, 0.25) is 17.2 Å². The first-order valence-electron chi connectivity index (χ1n) is 5.94. The van der Waals surface area contributed by atoms with Crippen molar-refractivity contribution >= 4 is 23.5 Å². The van der Waals surface area contributed by atoms with Crippen molar-refractivity contribution in [1.82, 2.24) is 15.0 Å². The molecule has 0 saturated heterocycles. The second-order valence-electron chi connectivity index (χ2n) is 4.32. The highest BCUT2D eigenvalue weighted by Gasteiger charge is 2.09. The van der Waals surface area contributed by atoms with Crippen molar-refractivity contribution in [2.45, 2.75) is 13.5 Å². The van der Waals surface area contributed by atoms with Gasteiger partial charge < -0.3 is 10.2 Å². The number of aryl methyl sites for hydroxylation is 1. The van der Waals surface area contributed by atoms with Gasteiger partial charge in [0, 0.05) is 20.6 Å². The van der Waals surface area contributed by atoms with Gasteiger partial charge in [0.15, 0.2) is 0 Å². The average Bonchev–Trinajstić information content (AvgIpc) is 2.38. The van der Waals surface area contributed by atoms with Crippen LogP contribution in [0, 0.1) is 6.92 Å². The second kappa shape index (κ2) is 5.84. The van der Waals surface area contributed by atoms with Crippen LogP contribution >= 0.6 is 11.6 Å². The summed E-state index contributed by atoms with van der Waals surface area (Å²) in [6.07, 6.45) is 0. The van der Waals surface area contributed by atoms with Gasteiger partial charge in [-0.25, -0.2) is 0 Å². The van der Waals surface area contributed by atoms with Crippen molar-refractivity contribution in [3.05, 3.63) is 40.7 Å². The number of halogens is 1. The fraction of sp³-hybridized carbons (Fsp3) is 0.308. The third kappa shape index (κ3) is 3.54. The lowest BCUT2D eigenvalue weighted by Gasteiger charge is -2.17. The van der Waals surface area contributed by atoms with E-state index in [1.165, 1.54) is 11.1 Å². The van der Waals surface area contributed by atoms with E-state index in [9.17, 15) is 0 Å². The van der Waals surface area contributed by atoms with E-state index >= 15 is 0 Å². The predicted octanol–water partition coefficient (Wildman–Crippen LogP) is 2.51. The maximum Gasteiger partial charge on any atom is 0.231 e. The molecule has 0 aliphatic rings. The third-order valence-corrected chi connectivity index (χ3v) is 2.83. The summed E-state index contributed by atoms with van der Waals surface area (Å²) in [5.74, 6) is 1.01. The smallest absolute Gasteiger partial charge is 0.231 e. The average molecular weight is 278 g/mol. The Bertz CT molecular complexity index is 573. The fourth-order valence-electron chi connectivity index (χ4n) is 1.78. The number of nitrogens with zero attached hydrogens (tertiary/aromatic N) is 4. The minimum Gasteiger partial charge on any atom is -0.357 e. The quantitative estimate of drug-likeness (QED) is 0.931. The van der Waals surface area contributed by atoms with Crippen LogP contribution in [0.1, 0.15) is 11.1 Å². The molecule has 1 aromatic carbocycles. The maximum absolute atomic E-state index is 5.87. The van der Waals surface area contributed by atoms with Gasteiger partial charge in [-0.2, -0.15) is 15.0 Å². The van der Waals surface area contributed by atoms with E-state index in [2.05, 4.69) is 45.4 Å². The summed E-state index contributed by atoms with van der Waals surface area (Å²) < 4.78 is 0. The summed E-state index contributed by atoms with van der Waals surface area (Å²) in [6, 6.07) is 8.32. The molecule has 6 heteroatoms. The Morgan fingerprint density at radius 3 is 2.74 bits per heavy atom. The van der Waals surface area contributed by atoms with E-state index in [1.54, 1.807) is 7.05 Å². The summed E-state index contributed by atoms with van der Waals surface area (Å²) in [4.78, 5) is 14.3. The zero-order chi connectivity index (χ0) is 13.8. The van der Waals surface area contributed by atoms with Crippen LogP contribution < -0.4 is 10.2 Å². The molecule has 0 spiro atoms. The Balaban J connectivity index is 2.20. The van der Waals surface area contributed by atoms with Crippen molar-refractivity contribution in [3.63, 3.8) is 0 Å². The van der Waals surface area contributed by atoms with Crippen LogP contribution in [-0.2, 0) is 6.54 Å². The van der Waals surface area contributed by atoms with Crippen molar-refractivity contribution in [2.75, 3.05) is 24.3 Å². The van der Waals surface area contributed by atoms with E-state index in [1.807, 2.05) is 18.0 Å². The molecular formula is C13H16ClN5. The van der Waals surface area contributed by atoms with Crippen LogP contribution in [0.25, 0.3) is 0 Å². The number of hydrogen-bond donors (Lipinski definition) is 1. The van der Waals surface area contributed by atoms with E-state index in [-0.39, 0.29) is 5.28 Å². The third-order valence-electron chi connectivity index (χ3n) is 2.66. The van der Waals surface area contributed by atoms with Gasteiger partial charge in [0.05, 0.1) is 0 Å². The number of hydrogen-bond acceptors (Lipinski definition) is 5. The summed E-state index contributed by atoms with van der Waals surface area (Å²) in [6.45, 7) is 2.79. The molecule has 100 valence electrons. The lowest BCUT2D eigenvalue weighted by molar-refractivity contribution is 0.853. The molecule has 2 rings (SSSR count). The highest BCUT2D eigenvalue weighted by molar-refractivity contribution is 6.28. The molecule has 19 heavy (non-hydrogen) atoms. The first kappa shape index (κ1) is 13.5. The molecule has 0 aliphatic heterocycles. The van der Waals surface area contributed by atoms with E-state index in [4.69, 9.17) is 11.6 Å². The molecule has 0 atom stereocenters. The zero-order valence-electron chi connectivity index (χ0n) is 11.2. The topological polar surface area (TPSA) is 53.9 Å². The molecule has 5 nitrogen and oxygen atoms in total. The van der Waals surface area contributed by atoms with E-state index < -0.39 is 0 Å². The monoisotopic (exact) mass is 277 g/mol. The lowest BCUT2D eigenvalue weighted by atomic mass is 10.1. The van der Waals surface area contributed by atoms with Gasteiger partial charge in [0.1, 0.15) is 0 Å². The van der Waals surface area contributed by atoms with Gasteiger partial charge >= 0.3 is 0 Å². The molecular weight excluding hydrogens is 262 g/mol. The van der Waals surface area contributed by atoms with Crippen molar-refractivity contribution in [2.24, 2.45) is 0 Å². The highest BCUT2D eigenvalue weighted by atomic mass is 35.5. The predicted molar refractivity (Wildman–Crippen MR) is 77.7 cm³/mol. The molecule has 0 amide bonds. The normalized spacial score (nSPS) is 10.3. The van der Waals surface area contributed by atoms with E-state index in [0.717, 1.165) is 0 Å². The van der Waals surface area contributed by atoms with Crippen LogP contribution in [0.2, 0.25) is 5.28 Å². The van der Waals surface area contributed by atoms with Crippen LogP contribution in [0.5, 0.6) is 0 Å². The Morgan fingerprint density at radius 2 is 2.05 bits per heavy atom. The van der Waals surface area contributed by atoms with Crippen LogP contribution in [0.15, 0.2) is 24.3 Å². The Morgan fingerprint density at radius 1 is 1.26 bits per heavy atom. The summed E-state index contributed by atoms with van der Waals surface area (Å²) in [7, 11) is 3.67. The van der Waals surface area contributed by atoms with Crippen molar-refractivity contribution in [3.8, 4) is 0 Å². The minimum atomic E-state index is 0.186. The number of nitrogens with one attached hydrogen (secondary N) is 1. The van der Waals surface area contributed by atoms with E-state index in [0.29, 0.717) is 18.4 Å². The number of benzene rings is 1. The first-order valence-corrected chi connectivity index (χ1v) is 6.32. The second-order valence-corrected chi connectivity index (χ2v) is 4.66. The first-order chi connectivity index (χ1) is 9.08. The molecule has 0 unspecified atom stereocenters. The van der Waals surface area contributed by atoms with Crippen molar-refractivity contribution in [1.29, 1.82) is 0 Å². The molecule has 1 heterocycles. The molecule has 1 N–H and O–H groups in total. The fourth-order valence-corrected chi connectivity index (χ4v) is 1.93. The number of rotatable bonds is 4. The van der Waals surface area contributed by atoms with Gasteiger partial charge in [-0.05, 0) is 24.1 Å². The summed E-state index contributed by atoms with van der Waals surface area (Å²) in [5.41, 5.74) is 2.43. The molecule has 0 bridgehead atoms. The van der Waals surface area contributed by atoms with Crippen LogP contribution in [0.3, 0.4) is 0 Å². The number of anilines is 2. The Kier molecular flexibility index (Phi) is 4.16. The molecule has 0 saturated carbocycles. The lowest BCUT2D eigenvalue weighted by Crippen LogP contribution is -2.20. The molecule has 2 aromatic rings. The largest absolute Gasteiger partial charge is 0.357 e. The molecule has 0 aliphatic carbocycles. The van der Waals surface area contributed by atoms with Gasteiger partial charge in [-0.15, -0.1) is 0 Å². The zero-order valence-corrected chi connectivity index (χ0v) is 11.9. The van der Waals surface area contributed by atoms with Gasteiger partial charge in [-0.3, -0.25) is 0 Å². The van der Waals surface area contributed by atoms with Gasteiger partial charge in [0.25, 0.3) is 0 Å². The summed E-state index contributed by atoms with van der Waals surface area (Å²) >= 11 is 5.87. The van der Waals surface area contributed by atoms with Crippen LogP contribution in [-0.4, -0.2) is 29.0 Å². The molecule has 0 fully saturated rings. The standard InChI is InChI=1S/C13H16ClN5/c1-9-5-4-6-10(7-9)8-19(3)13-17-11(14)16-12(15-2)18-13/h4-7H,8H2,1-3H3,(H,15,16,17,18). The van der Waals surface area contributed by atoms with Gasteiger partial charge in [-0.1, -0.05) is 29.8 Å². The molecule has 1 aromatic heterocycles. The Labute approximate surface area is 117 Å². The van der Waals surface area contributed by atoms with Crippen LogP contribution in [0.4, 0.5) is 11.9 Å². The SMILES string of the molecule is CNc1nc(Cl)nc(N(C)Cc2cccc(C)c2)n1. The Hall–Kier alpha value is -1.88. The maximum atomic E-state index is 5.87. The van der Waals surface area contributed by atoms with Crippen molar-refractivity contribution < 1.29 is 0 Å². The summed E-state index contributed by atoms with van der Waals surface area (Å²) in [5, 5.41) is 3.05. The molecule has 0 radical (unpaired) electrons. The highest BCUT2D eigenvalue weighted by Crippen LogP contribution is 2.15.